The summed E-state index contributed by atoms with van der Waals surface area (Å²) in [5, 5.41) is 9.33. The van der Waals surface area contributed by atoms with E-state index in [1.54, 1.807) is 12.1 Å². The topological polar surface area (TPSA) is 80.7 Å². The summed E-state index contributed by atoms with van der Waals surface area (Å²) in [6.45, 7) is 0. The third-order valence-electron chi connectivity index (χ3n) is 3.91. The maximum atomic E-state index is 12.9. The first-order chi connectivity index (χ1) is 13.2. The zero-order chi connectivity index (χ0) is 20.3. The molecule has 8 heteroatoms. The van der Waals surface area contributed by atoms with Crippen LogP contribution in [0.3, 0.4) is 0 Å². The van der Waals surface area contributed by atoms with E-state index in [1.165, 1.54) is 24.3 Å². The molecule has 0 saturated carbocycles. The van der Waals surface area contributed by atoms with Gasteiger partial charge in [-0.15, -0.1) is 0 Å². The molecule has 0 aliphatic carbocycles. The van der Waals surface area contributed by atoms with Crippen molar-refractivity contribution in [2.75, 3.05) is 0 Å². The Kier molecular flexibility index (Phi) is 5.93. The van der Waals surface area contributed by atoms with Crippen molar-refractivity contribution in [2.45, 2.75) is 10.6 Å². The highest BCUT2D eigenvalue weighted by atomic mass is 35.5. The number of sulfone groups is 1. The lowest BCUT2D eigenvalue weighted by Gasteiger charge is -2.12. The molecule has 144 valence electrons. The van der Waals surface area contributed by atoms with Crippen molar-refractivity contribution >= 4 is 39.2 Å². The first-order valence-electron chi connectivity index (χ1n) is 8.02. The normalized spacial score (nSPS) is 11.2. The van der Waals surface area contributed by atoms with Gasteiger partial charge in [-0.3, -0.25) is 0 Å². The second-order valence-corrected chi connectivity index (χ2v) is 8.78. The molecular formula is C20H14Cl2O5S. The molecule has 0 heterocycles. The highest BCUT2D eigenvalue weighted by Crippen LogP contribution is 2.31. The van der Waals surface area contributed by atoms with E-state index >= 15 is 0 Å². The van der Waals surface area contributed by atoms with Gasteiger partial charge in [0.15, 0.2) is 9.84 Å². The van der Waals surface area contributed by atoms with Crippen LogP contribution in [0.4, 0.5) is 4.79 Å². The van der Waals surface area contributed by atoms with Gasteiger partial charge in [0, 0.05) is 15.6 Å². The van der Waals surface area contributed by atoms with Crippen molar-refractivity contribution in [1.82, 2.24) is 0 Å². The van der Waals surface area contributed by atoms with Gasteiger partial charge in [0.2, 0.25) is 0 Å². The average molecular weight is 437 g/mol. The van der Waals surface area contributed by atoms with E-state index in [0.29, 0.717) is 0 Å². The van der Waals surface area contributed by atoms with Crippen LogP contribution in [-0.2, 0) is 15.6 Å². The van der Waals surface area contributed by atoms with Gasteiger partial charge >= 0.3 is 6.16 Å². The van der Waals surface area contributed by atoms with Gasteiger partial charge in [0.1, 0.15) is 5.75 Å². The Morgan fingerprint density at radius 3 is 2.14 bits per heavy atom. The summed E-state index contributed by atoms with van der Waals surface area (Å²) in [6, 6.07) is 18.0. The van der Waals surface area contributed by atoms with E-state index < -0.39 is 21.7 Å². The van der Waals surface area contributed by atoms with Crippen LogP contribution in [0.5, 0.6) is 5.75 Å². The smallest absolute Gasteiger partial charge is 0.449 e. The molecule has 0 radical (unpaired) electrons. The lowest BCUT2D eigenvalue weighted by molar-refractivity contribution is 0.144. The Balaban J connectivity index is 2.06. The van der Waals surface area contributed by atoms with Gasteiger partial charge in [0.25, 0.3) is 0 Å². The average Bonchev–Trinajstić information content (AvgIpc) is 2.62. The van der Waals surface area contributed by atoms with Crippen LogP contribution in [0.2, 0.25) is 10.0 Å². The molecular weight excluding hydrogens is 423 g/mol. The summed E-state index contributed by atoms with van der Waals surface area (Å²) in [5.74, 6) is -0.531. The number of hydrogen-bond donors (Lipinski definition) is 1. The first-order valence-corrected chi connectivity index (χ1v) is 10.4. The third kappa shape index (κ3) is 4.84. The van der Waals surface area contributed by atoms with Gasteiger partial charge < -0.3 is 9.84 Å². The molecule has 0 aliphatic rings. The predicted molar refractivity (Wildman–Crippen MR) is 108 cm³/mol. The maximum Gasteiger partial charge on any atom is 0.511 e. The summed E-state index contributed by atoms with van der Waals surface area (Å²) in [6.07, 6.45) is -1.53. The number of halogens is 2. The molecule has 0 saturated heterocycles. The largest absolute Gasteiger partial charge is 0.511 e. The molecule has 0 bridgehead atoms. The van der Waals surface area contributed by atoms with E-state index in [9.17, 15) is 13.2 Å². The maximum absolute atomic E-state index is 12.9. The van der Waals surface area contributed by atoms with Gasteiger partial charge in [-0.05, 0) is 41.5 Å². The highest BCUT2D eigenvalue weighted by Gasteiger charge is 2.21. The second kappa shape index (κ2) is 8.22. The van der Waals surface area contributed by atoms with Crippen molar-refractivity contribution in [3.63, 3.8) is 0 Å². The van der Waals surface area contributed by atoms with Crippen LogP contribution in [-0.4, -0.2) is 19.7 Å². The first kappa shape index (κ1) is 20.2. The van der Waals surface area contributed by atoms with Crippen LogP contribution in [0, 0.1) is 0 Å². The Morgan fingerprint density at radius 1 is 0.893 bits per heavy atom. The summed E-state index contributed by atoms with van der Waals surface area (Å²) in [4.78, 5) is 10.9. The number of rotatable bonds is 5. The van der Waals surface area contributed by atoms with Gasteiger partial charge in [-0.2, -0.15) is 0 Å². The molecule has 3 rings (SSSR count). The number of hydrogen-bond acceptors (Lipinski definition) is 4. The Labute approximate surface area is 172 Å². The monoisotopic (exact) mass is 436 g/mol. The number of ether oxygens (including phenoxy) is 1. The van der Waals surface area contributed by atoms with E-state index in [1.807, 2.05) is 30.3 Å². The summed E-state index contributed by atoms with van der Waals surface area (Å²) < 4.78 is 30.5. The fourth-order valence-corrected chi connectivity index (χ4v) is 4.76. The van der Waals surface area contributed by atoms with Crippen LogP contribution in [0.25, 0.3) is 11.1 Å². The lowest BCUT2D eigenvalue weighted by atomic mass is 10.0. The molecule has 28 heavy (non-hydrogen) atoms. The number of carboxylic acid groups (broad SMARTS) is 1. The van der Waals surface area contributed by atoms with Crippen molar-refractivity contribution < 1.29 is 23.1 Å². The summed E-state index contributed by atoms with van der Waals surface area (Å²) in [7, 11) is -3.86. The molecule has 3 aromatic carbocycles. The van der Waals surface area contributed by atoms with E-state index in [2.05, 4.69) is 0 Å². The van der Waals surface area contributed by atoms with Gasteiger partial charge in [-0.25, -0.2) is 13.2 Å². The Bertz CT molecular complexity index is 1110. The molecule has 1 N–H and O–H groups in total. The second-order valence-electron chi connectivity index (χ2n) is 5.92. The van der Waals surface area contributed by atoms with Crippen LogP contribution in [0.15, 0.2) is 71.6 Å². The highest BCUT2D eigenvalue weighted by molar-refractivity contribution is 7.90. The van der Waals surface area contributed by atoms with Gasteiger partial charge in [0.05, 0.1) is 10.6 Å². The minimum absolute atomic E-state index is 0.0520. The third-order valence-corrected chi connectivity index (χ3v) is 5.99. The number of carbonyl (C=O) groups is 1. The zero-order valence-corrected chi connectivity index (χ0v) is 16.6. The number of benzene rings is 3. The molecule has 0 unspecified atom stereocenters. The van der Waals surface area contributed by atoms with Crippen molar-refractivity contribution in [1.29, 1.82) is 0 Å². The summed E-state index contributed by atoms with van der Waals surface area (Å²) in [5.41, 5.74) is 1.79. The van der Waals surface area contributed by atoms with Crippen molar-refractivity contribution in [3.05, 3.63) is 82.3 Å². The van der Waals surface area contributed by atoms with Crippen molar-refractivity contribution in [2.24, 2.45) is 0 Å². The molecule has 0 amide bonds. The van der Waals surface area contributed by atoms with E-state index in [4.69, 9.17) is 33.0 Å². The standard InChI is InChI=1S/C20H14Cl2O5S/c21-16-9-17(22)11-18(10-16)28(25,26)12-15-8-14(13-4-2-1-3-5-13)6-7-19(15)27-20(23)24/h1-11H,12H2,(H,23,24). The van der Waals surface area contributed by atoms with E-state index in [-0.39, 0.29) is 26.3 Å². The molecule has 3 aromatic rings. The van der Waals surface area contributed by atoms with E-state index in [0.717, 1.165) is 11.1 Å². The van der Waals surface area contributed by atoms with Crippen LogP contribution >= 0.6 is 23.2 Å². The molecule has 0 fully saturated rings. The quantitative estimate of drug-likeness (QED) is 0.410. The minimum Gasteiger partial charge on any atom is -0.449 e. The molecule has 0 atom stereocenters. The molecule has 0 aromatic heterocycles. The van der Waals surface area contributed by atoms with Crippen molar-refractivity contribution in [3.8, 4) is 16.9 Å². The fraction of sp³-hybridized carbons (Fsp3) is 0.0500. The predicted octanol–water partition coefficient (Wildman–Crippen LogP) is 5.69. The fourth-order valence-electron chi connectivity index (χ4n) is 2.69. The molecule has 0 aliphatic heterocycles. The lowest BCUT2D eigenvalue weighted by Crippen LogP contribution is -2.10. The van der Waals surface area contributed by atoms with Gasteiger partial charge in [-0.1, -0.05) is 59.6 Å². The molecule has 5 nitrogen and oxygen atoms in total. The minimum atomic E-state index is -3.86. The Hall–Kier alpha value is -2.54. The molecule has 0 spiro atoms. The van der Waals surface area contributed by atoms with Crippen LogP contribution < -0.4 is 4.74 Å². The summed E-state index contributed by atoms with van der Waals surface area (Å²) >= 11 is 11.8. The zero-order valence-electron chi connectivity index (χ0n) is 14.3. The Morgan fingerprint density at radius 2 is 1.54 bits per heavy atom. The van der Waals surface area contributed by atoms with Crippen LogP contribution in [0.1, 0.15) is 5.56 Å². The SMILES string of the molecule is O=C(O)Oc1ccc(-c2ccccc2)cc1CS(=O)(=O)c1cc(Cl)cc(Cl)c1.